The van der Waals surface area contributed by atoms with Crippen molar-refractivity contribution >= 4 is 72.9 Å². The van der Waals surface area contributed by atoms with Gasteiger partial charge in [-0.05, 0) is 234 Å². The highest BCUT2D eigenvalue weighted by molar-refractivity contribution is 6.93. The summed E-state index contributed by atoms with van der Waals surface area (Å²) in [5.74, 6) is 5.31. The van der Waals surface area contributed by atoms with Gasteiger partial charge in [-0.3, -0.25) is 0 Å². The topological polar surface area (TPSA) is 21.3 Å². The second-order valence-electron chi connectivity index (χ2n) is 24.9. The van der Waals surface area contributed by atoms with Crippen molar-refractivity contribution in [1.82, 2.24) is 4.57 Å². The molecule has 8 aliphatic carbocycles. The van der Waals surface area contributed by atoms with Gasteiger partial charge in [-0.15, -0.1) is 0 Å². The molecule has 0 N–H and O–H groups in total. The minimum atomic E-state index is -0.0543. The van der Waals surface area contributed by atoms with E-state index in [-0.39, 0.29) is 12.3 Å². The molecule has 0 atom stereocenters. The average molecular weight is 929 g/mol. The quantitative estimate of drug-likeness (QED) is 0.160. The maximum atomic E-state index is 6.81. The van der Waals surface area contributed by atoms with Gasteiger partial charge in [0.1, 0.15) is 11.2 Å². The van der Waals surface area contributed by atoms with Crippen molar-refractivity contribution in [1.29, 1.82) is 0 Å². The first kappa shape index (κ1) is 39.8. The van der Waals surface area contributed by atoms with Crippen LogP contribution in [0.25, 0.3) is 82.8 Å². The van der Waals surface area contributed by atoms with E-state index in [0.717, 1.165) is 46.7 Å². The molecule has 8 bridgehead atoms. The maximum Gasteiger partial charge on any atom is 0.333 e. The molecule has 0 amide bonds. The molecule has 20 rings (SSSR count). The fraction of sp³-hybridized carbons (Fsp3) is 0.294. The van der Waals surface area contributed by atoms with Gasteiger partial charge >= 0.3 is 6.85 Å². The molecule has 0 radical (unpaired) electrons. The molecule has 2 aromatic heterocycles. The molecule has 4 heterocycles. The predicted molar refractivity (Wildman–Crippen MR) is 298 cm³/mol. The fourth-order valence-corrected chi connectivity index (χ4v) is 18.8. The molecule has 10 aromatic rings. The van der Waals surface area contributed by atoms with Crippen LogP contribution in [0.2, 0.25) is 0 Å². The van der Waals surface area contributed by atoms with Gasteiger partial charge < -0.3 is 13.8 Å². The van der Waals surface area contributed by atoms with Gasteiger partial charge in [-0.1, -0.05) is 103 Å². The molecule has 0 saturated heterocycles. The van der Waals surface area contributed by atoms with Gasteiger partial charge in [0, 0.05) is 44.2 Å². The zero-order valence-electron chi connectivity index (χ0n) is 40.9. The Labute approximate surface area is 422 Å². The Kier molecular flexibility index (Phi) is 7.76. The van der Waals surface area contributed by atoms with Crippen LogP contribution in [-0.4, -0.2) is 11.4 Å². The minimum absolute atomic E-state index is 0.0543. The third-order valence-corrected chi connectivity index (χ3v) is 20.8. The number of furan rings is 1. The van der Waals surface area contributed by atoms with Crippen LogP contribution in [0.1, 0.15) is 88.2 Å². The first-order chi connectivity index (χ1) is 35.5. The Morgan fingerprint density at radius 1 is 0.417 bits per heavy atom. The summed E-state index contributed by atoms with van der Waals surface area (Å²) in [6.07, 6.45) is 17.0. The van der Waals surface area contributed by atoms with Gasteiger partial charge in [-0.25, -0.2) is 0 Å². The van der Waals surface area contributed by atoms with Gasteiger partial charge in [0.05, 0.1) is 11.0 Å². The van der Waals surface area contributed by atoms with Crippen molar-refractivity contribution < 1.29 is 4.42 Å². The van der Waals surface area contributed by atoms with Crippen molar-refractivity contribution in [3.8, 4) is 39.1 Å². The number of hydrogen-bond acceptors (Lipinski definition) is 2. The second-order valence-corrected chi connectivity index (χ2v) is 24.9. The van der Waals surface area contributed by atoms with E-state index in [4.69, 9.17) is 4.42 Å². The van der Waals surface area contributed by atoms with Crippen LogP contribution >= 0.6 is 0 Å². The van der Waals surface area contributed by atoms with E-state index in [9.17, 15) is 0 Å². The van der Waals surface area contributed by atoms with Crippen LogP contribution in [0.5, 0.6) is 0 Å². The molecular weight excluding hydrogens is 872 g/mol. The van der Waals surface area contributed by atoms with E-state index >= 15 is 0 Å². The van der Waals surface area contributed by atoms with E-state index in [2.05, 4.69) is 173 Å². The molecular formula is C68H57BN2O. The summed E-state index contributed by atoms with van der Waals surface area (Å²) < 4.78 is 9.57. The molecule has 2 aliphatic heterocycles. The summed E-state index contributed by atoms with van der Waals surface area (Å²) in [4.78, 5) is 2.76. The number of hydrogen-bond donors (Lipinski definition) is 0. The lowest BCUT2D eigenvalue weighted by Gasteiger charge is -2.57. The monoisotopic (exact) mass is 928 g/mol. The van der Waals surface area contributed by atoms with Gasteiger partial charge in [0.15, 0.2) is 0 Å². The highest BCUT2D eigenvalue weighted by atomic mass is 16.3. The molecule has 0 spiro atoms. The summed E-state index contributed by atoms with van der Waals surface area (Å²) in [5.41, 5.74) is 22.7. The number of benzene rings is 8. The average Bonchev–Trinajstić information content (AvgIpc) is 3.95. The van der Waals surface area contributed by atoms with Crippen LogP contribution in [0.3, 0.4) is 0 Å². The molecule has 8 fully saturated rings. The van der Waals surface area contributed by atoms with E-state index in [1.165, 1.54) is 171 Å². The van der Waals surface area contributed by atoms with E-state index in [1.54, 1.807) is 11.1 Å². The van der Waals surface area contributed by atoms with Crippen LogP contribution in [0.4, 0.5) is 11.4 Å². The van der Waals surface area contributed by atoms with Gasteiger partial charge in [0.25, 0.3) is 0 Å². The second kappa shape index (κ2) is 14.0. The Balaban J connectivity index is 0.961. The summed E-state index contributed by atoms with van der Waals surface area (Å²) >= 11 is 0. The minimum Gasteiger partial charge on any atom is -0.456 e. The first-order valence-electron chi connectivity index (χ1n) is 27.8. The maximum absolute atomic E-state index is 6.81. The number of nitrogens with zero attached hydrogens (tertiary/aromatic N) is 2. The van der Waals surface area contributed by atoms with Crippen LogP contribution in [0.15, 0.2) is 168 Å². The lowest BCUT2D eigenvalue weighted by Crippen LogP contribution is -2.61. The first-order valence-corrected chi connectivity index (χ1v) is 27.8. The summed E-state index contributed by atoms with van der Waals surface area (Å²) in [6.45, 7) is -0.0543. The smallest absolute Gasteiger partial charge is 0.333 e. The normalized spacial score (nSPS) is 27.9. The number of anilines is 2. The number of para-hydroxylation sites is 1. The summed E-state index contributed by atoms with van der Waals surface area (Å²) in [7, 11) is 0. The summed E-state index contributed by atoms with van der Waals surface area (Å²) in [6, 6.07) is 63.8. The molecule has 348 valence electrons. The third kappa shape index (κ3) is 5.38. The zero-order chi connectivity index (χ0) is 46.6. The lowest BCUT2D eigenvalue weighted by molar-refractivity contribution is -0.00526. The number of rotatable bonds is 5. The Morgan fingerprint density at radius 3 is 1.67 bits per heavy atom. The van der Waals surface area contributed by atoms with E-state index in [1.807, 2.05) is 0 Å². The molecule has 8 aromatic carbocycles. The Bertz CT molecular complexity index is 3880. The van der Waals surface area contributed by atoms with Crippen LogP contribution < -0.4 is 15.7 Å². The molecule has 3 nitrogen and oxygen atoms in total. The van der Waals surface area contributed by atoms with Crippen molar-refractivity contribution in [2.75, 3.05) is 4.81 Å². The van der Waals surface area contributed by atoms with E-state index < -0.39 is 0 Å². The van der Waals surface area contributed by atoms with Crippen LogP contribution in [-0.2, 0) is 10.8 Å². The molecule has 8 saturated carbocycles. The summed E-state index contributed by atoms with van der Waals surface area (Å²) in [5, 5.41) is 5.30. The van der Waals surface area contributed by atoms with Crippen molar-refractivity contribution in [2.45, 2.75) is 87.9 Å². The lowest BCUT2D eigenvalue weighted by atomic mass is 9.42. The third-order valence-electron chi connectivity index (χ3n) is 20.8. The fourth-order valence-electron chi connectivity index (χ4n) is 18.8. The Morgan fingerprint density at radius 2 is 1.00 bits per heavy atom. The standard InChI is InChI=1S/C68H57BN2O/c1-3-9-46(10-4-1)48-15-18-52(19-16-48)71-61-32-56-53-13-7-8-14-63(53)72-64(56)33-55(61)57-27-49(47-11-5-2-6-12-47)28-62-65(57)69(71)59-31-51(68-37-43-24-44(38-68)26-45(25-43)39-68)30-58-54-29-50(17-20-60(54)70(62)66(58)59)67-34-40-21-41(35-67)23-42(22-40)36-67/h1-20,27-33,40-45H,21-26,34-39H2. The Hall–Kier alpha value is -6.78. The molecule has 72 heavy (non-hydrogen) atoms. The van der Waals surface area contributed by atoms with E-state index in [0.29, 0.717) is 5.41 Å². The van der Waals surface area contributed by atoms with Crippen molar-refractivity contribution in [2.24, 2.45) is 35.5 Å². The molecule has 4 heteroatoms. The number of fused-ring (bicyclic) bond motifs is 10. The largest absolute Gasteiger partial charge is 0.456 e. The van der Waals surface area contributed by atoms with Crippen molar-refractivity contribution in [3.63, 3.8) is 0 Å². The van der Waals surface area contributed by atoms with Crippen LogP contribution in [0, 0.1) is 35.5 Å². The highest BCUT2D eigenvalue weighted by Gasteiger charge is 2.54. The number of aromatic nitrogens is 1. The SMILES string of the molecule is c1ccc(-c2ccc(N3B4c5c(cc(-c6ccccc6)cc5-n5c6ccc(C78CC9CC(CC(C9)C7)C8)cc6c6cc(C78CC9CC(CC(C9)C7)C8)cc4c65)-c4cc5oc6ccccc6c5cc43)cc2)cc1. The molecule has 0 unspecified atom stereocenters. The van der Waals surface area contributed by atoms with Gasteiger partial charge in [0.2, 0.25) is 0 Å². The van der Waals surface area contributed by atoms with Crippen molar-refractivity contribution in [3.05, 3.63) is 175 Å². The zero-order valence-corrected chi connectivity index (χ0v) is 40.9. The highest BCUT2D eigenvalue weighted by Crippen LogP contribution is 2.63. The molecule has 10 aliphatic rings. The predicted octanol–water partition coefficient (Wildman–Crippen LogP) is 16.2. The van der Waals surface area contributed by atoms with Gasteiger partial charge in [-0.2, -0.15) is 0 Å².